The second-order valence-electron chi connectivity index (χ2n) is 3.42. The highest BCUT2D eigenvalue weighted by molar-refractivity contribution is 5.70. The molecule has 0 saturated carbocycles. The van der Waals surface area contributed by atoms with E-state index in [1.54, 1.807) is 0 Å². The van der Waals surface area contributed by atoms with Crippen LogP contribution in [0.4, 0.5) is 8.78 Å². The topological polar surface area (TPSA) is 46.5 Å². The van der Waals surface area contributed by atoms with E-state index in [-0.39, 0.29) is 11.1 Å². The first kappa shape index (κ1) is 12.6. The Labute approximate surface area is 91.7 Å². The van der Waals surface area contributed by atoms with Crippen LogP contribution < -0.4 is 0 Å². The van der Waals surface area contributed by atoms with Gasteiger partial charge in [0.15, 0.2) is 0 Å². The van der Waals surface area contributed by atoms with E-state index in [1.165, 1.54) is 6.92 Å². The number of rotatable bonds is 3. The van der Waals surface area contributed by atoms with Crippen LogP contribution in [0.15, 0.2) is 12.1 Å². The maximum atomic E-state index is 13.4. The average molecular weight is 230 g/mol. The summed E-state index contributed by atoms with van der Waals surface area (Å²) >= 11 is 0. The molecule has 0 aliphatic rings. The fourth-order valence-electron chi connectivity index (χ4n) is 1.27. The minimum Gasteiger partial charge on any atom is -0.469 e. The quantitative estimate of drug-likeness (QED) is 0.806. The van der Waals surface area contributed by atoms with Gasteiger partial charge >= 0.3 is 5.97 Å². The molecule has 0 unspecified atom stereocenters. The minimum absolute atomic E-state index is 0.145. The molecule has 1 rings (SSSR count). The van der Waals surface area contributed by atoms with E-state index in [2.05, 4.69) is 4.74 Å². The lowest BCUT2D eigenvalue weighted by molar-refractivity contribution is -0.142. The number of aryl methyl sites for hydroxylation is 1. The summed E-state index contributed by atoms with van der Waals surface area (Å²) < 4.78 is 30.8. The van der Waals surface area contributed by atoms with Crippen molar-refractivity contribution in [3.8, 4) is 0 Å². The number of benzene rings is 1. The number of methoxy groups -OCH3 is 1. The molecule has 5 heteroatoms. The van der Waals surface area contributed by atoms with E-state index in [1.807, 2.05) is 0 Å². The average Bonchev–Trinajstić information content (AvgIpc) is 2.23. The Balaban J connectivity index is 2.95. The molecule has 0 fully saturated rings. The molecule has 88 valence electrons. The third-order valence-electron chi connectivity index (χ3n) is 2.22. The van der Waals surface area contributed by atoms with Crippen LogP contribution in [0.3, 0.4) is 0 Å². The molecule has 0 saturated heterocycles. The van der Waals surface area contributed by atoms with Gasteiger partial charge in [0, 0.05) is 5.56 Å². The number of aliphatic hydroxyl groups is 1. The largest absolute Gasteiger partial charge is 0.469 e. The zero-order valence-electron chi connectivity index (χ0n) is 8.96. The van der Waals surface area contributed by atoms with Gasteiger partial charge in [-0.15, -0.1) is 0 Å². The summed E-state index contributed by atoms with van der Waals surface area (Å²) in [5.41, 5.74) is -0.0972. The Morgan fingerprint density at radius 2 is 2.06 bits per heavy atom. The van der Waals surface area contributed by atoms with Gasteiger partial charge in [0.25, 0.3) is 0 Å². The molecule has 16 heavy (non-hydrogen) atoms. The first-order chi connectivity index (χ1) is 7.45. The molecule has 0 amide bonds. The predicted molar refractivity (Wildman–Crippen MR) is 52.7 cm³/mol. The van der Waals surface area contributed by atoms with Crippen LogP contribution in [0.5, 0.6) is 0 Å². The van der Waals surface area contributed by atoms with Crippen molar-refractivity contribution < 1.29 is 23.4 Å². The first-order valence-corrected chi connectivity index (χ1v) is 4.66. The van der Waals surface area contributed by atoms with E-state index in [0.717, 1.165) is 19.2 Å². The summed E-state index contributed by atoms with van der Waals surface area (Å²) in [5, 5.41) is 9.51. The maximum Gasteiger partial charge on any atom is 0.308 e. The lowest BCUT2D eigenvalue weighted by Crippen LogP contribution is -2.10. The second-order valence-corrected chi connectivity index (χ2v) is 3.42. The molecule has 0 aliphatic heterocycles. The number of hydrogen-bond donors (Lipinski definition) is 1. The van der Waals surface area contributed by atoms with Gasteiger partial charge in [-0.2, -0.15) is 0 Å². The van der Waals surface area contributed by atoms with Crippen molar-refractivity contribution in [2.45, 2.75) is 19.4 Å². The van der Waals surface area contributed by atoms with Gasteiger partial charge in [-0.1, -0.05) is 0 Å². The van der Waals surface area contributed by atoms with Crippen LogP contribution in [0, 0.1) is 18.6 Å². The van der Waals surface area contributed by atoms with E-state index in [0.29, 0.717) is 0 Å². The molecule has 0 aliphatic carbocycles. The van der Waals surface area contributed by atoms with Crippen LogP contribution >= 0.6 is 0 Å². The fraction of sp³-hybridized carbons (Fsp3) is 0.364. The third kappa shape index (κ3) is 2.76. The van der Waals surface area contributed by atoms with E-state index in [9.17, 15) is 18.7 Å². The molecular formula is C11H12F2O3. The molecule has 1 N–H and O–H groups in total. The molecule has 1 aromatic rings. The Hall–Kier alpha value is -1.49. The van der Waals surface area contributed by atoms with Gasteiger partial charge in [-0.05, 0) is 24.6 Å². The highest BCUT2D eigenvalue weighted by Gasteiger charge is 2.18. The standard InChI is InChI=1S/C11H12F2O3/c1-6-3-9(13)7(4-8(6)12)10(14)5-11(15)16-2/h3-4,10,14H,5H2,1-2H3/t10-/m0/s1. The molecule has 1 aromatic carbocycles. The van der Waals surface area contributed by atoms with Crippen molar-refractivity contribution in [3.63, 3.8) is 0 Å². The van der Waals surface area contributed by atoms with Crippen LogP contribution in [0.25, 0.3) is 0 Å². The highest BCUT2D eigenvalue weighted by Crippen LogP contribution is 2.23. The van der Waals surface area contributed by atoms with Crippen molar-refractivity contribution in [3.05, 3.63) is 34.9 Å². The van der Waals surface area contributed by atoms with Crippen molar-refractivity contribution in [2.75, 3.05) is 7.11 Å². The van der Waals surface area contributed by atoms with E-state index < -0.39 is 30.1 Å². The van der Waals surface area contributed by atoms with Crippen molar-refractivity contribution in [1.29, 1.82) is 0 Å². The van der Waals surface area contributed by atoms with E-state index in [4.69, 9.17) is 0 Å². The van der Waals surface area contributed by atoms with Gasteiger partial charge in [-0.25, -0.2) is 8.78 Å². The Bertz CT molecular complexity index is 404. The number of esters is 1. The van der Waals surface area contributed by atoms with Crippen LogP contribution in [-0.2, 0) is 9.53 Å². The molecule has 0 heterocycles. The molecule has 1 atom stereocenters. The van der Waals surface area contributed by atoms with Gasteiger partial charge in [0.05, 0.1) is 19.6 Å². The predicted octanol–water partition coefficient (Wildman–Crippen LogP) is 1.87. The zero-order valence-corrected chi connectivity index (χ0v) is 8.96. The summed E-state index contributed by atoms with van der Waals surface area (Å²) in [7, 11) is 1.15. The Morgan fingerprint density at radius 1 is 1.44 bits per heavy atom. The molecule has 0 bridgehead atoms. The van der Waals surface area contributed by atoms with Crippen LogP contribution in [0.1, 0.15) is 23.7 Å². The van der Waals surface area contributed by atoms with Crippen molar-refractivity contribution in [1.82, 2.24) is 0 Å². The lowest BCUT2D eigenvalue weighted by atomic mass is 10.0. The fourth-order valence-corrected chi connectivity index (χ4v) is 1.27. The highest BCUT2D eigenvalue weighted by atomic mass is 19.1. The Kier molecular flexibility index (Phi) is 3.95. The molecule has 3 nitrogen and oxygen atoms in total. The lowest BCUT2D eigenvalue weighted by Gasteiger charge is -2.11. The summed E-state index contributed by atoms with van der Waals surface area (Å²) in [4.78, 5) is 10.9. The van der Waals surface area contributed by atoms with Crippen LogP contribution in [-0.4, -0.2) is 18.2 Å². The van der Waals surface area contributed by atoms with Crippen LogP contribution in [0.2, 0.25) is 0 Å². The van der Waals surface area contributed by atoms with Crippen molar-refractivity contribution in [2.24, 2.45) is 0 Å². The summed E-state index contributed by atoms with van der Waals surface area (Å²) in [6.07, 6.45) is -1.81. The molecule has 0 aromatic heterocycles. The SMILES string of the molecule is COC(=O)C[C@H](O)c1cc(F)c(C)cc1F. The zero-order chi connectivity index (χ0) is 12.3. The van der Waals surface area contributed by atoms with Gasteiger partial charge in [-0.3, -0.25) is 4.79 Å². The molecule has 0 spiro atoms. The number of halogens is 2. The minimum atomic E-state index is -1.40. The first-order valence-electron chi connectivity index (χ1n) is 4.66. The third-order valence-corrected chi connectivity index (χ3v) is 2.22. The van der Waals surface area contributed by atoms with Gasteiger partial charge < -0.3 is 9.84 Å². The number of aliphatic hydroxyl groups excluding tert-OH is 1. The normalized spacial score (nSPS) is 12.3. The number of carbonyl (C=O) groups is 1. The van der Waals surface area contributed by atoms with Crippen molar-refractivity contribution >= 4 is 5.97 Å². The molecular weight excluding hydrogens is 218 g/mol. The number of carbonyl (C=O) groups excluding carboxylic acids is 1. The van der Waals surface area contributed by atoms with Gasteiger partial charge in [0.1, 0.15) is 11.6 Å². The number of hydrogen-bond acceptors (Lipinski definition) is 3. The maximum absolute atomic E-state index is 13.4. The summed E-state index contributed by atoms with van der Waals surface area (Å²) in [5.74, 6) is -2.05. The monoisotopic (exact) mass is 230 g/mol. The smallest absolute Gasteiger partial charge is 0.308 e. The molecule has 0 radical (unpaired) electrons. The summed E-state index contributed by atoms with van der Waals surface area (Å²) in [6.45, 7) is 1.41. The van der Waals surface area contributed by atoms with Gasteiger partial charge in [0.2, 0.25) is 0 Å². The summed E-state index contributed by atoms with van der Waals surface area (Å²) in [6, 6.07) is 1.86. The second kappa shape index (κ2) is 5.03. The Morgan fingerprint density at radius 3 is 2.62 bits per heavy atom. The van der Waals surface area contributed by atoms with E-state index >= 15 is 0 Å². The number of ether oxygens (including phenoxy) is 1.